The van der Waals surface area contributed by atoms with Crippen molar-refractivity contribution in [2.45, 2.75) is 0 Å². The Balaban J connectivity index is -0.000000180. The summed E-state index contributed by atoms with van der Waals surface area (Å²) in [6.45, 7) is 0.651. The van der Waals surface area contributed by atoms with E-state index >= 15 is 0 Å². The van der Waals surface area contributed by atoms with Crippen molar-refractivity contribution in [1.29, 1.82) is 0 Å². The first-order valence-corrected chi connectivity index (χ1v) is 2.20. The molecule has 0 aromatic heterocycles. The Kier molecular flexibility index (Phi) is 21.9. The van der Waals surface area contributed by atoms with E-state index in [0.717, 1.165) is 0 Å². The maximum atomic E-state index is 9.42. The van der Waals surface area contributed by atoms with E-state index in [0.29, 0.717) is 6.54 Å². The van der Waals surface area contributed by atoms with Gasteiger partial charge in [0.1, 0.15) is 0 Å². The molecule has 0 rings (SSSR count). The monoisotopic (exact) mass is 214 g/mol. The molecule has 0 unspecified atom stereocenters. The molecule has 0 heterocycles. The zero-order valence-electron chi connectivity index (χ0n) is 5.20. The van der Waals surface area contributed by atoms with Gasteiger partial charge in [-0.25, -0.2) is 0 Å². The van der Waals surface area contributed by atoms with Gasteiger partial charge in [-0.15, -0.1) is 17.1 Å². The molecular formula is C2H2K2NO2S2+. The summed E-state index contributed by atoms with van der Waals surface area (Å²) >= 11 is 7.71. The van der Waals surface area contributed by atoms with Gasteiger partial charge >= 0.3 is 103 Å². The zero-order chi connectivity index (χ0) is 5.86. The number of nitrogens with zero attached hydrogens (tertiary/aromatic N) is 1. The van der Waals surface area contributed by atoms with E-state index in [-0.39, 0.29) is 107 Å². The SMILES string of the molecule is O=[N+]([O-])[CH-]C(=S)S.[K+].[K+]. The van der Waals surface area contributed by atoms with Crippen molar-refractivity contribution in [3.63, 3.8) is 0 Å². The van der Waals surface area contributed by atoms with E-state index in [1.54, 1.807) is 0 Å². The average molecular weight is 214 g/mol. The number of nitro groups is 1. The van der Waals surface area contributed by atoms with Crippen LogP contribution in [0.3, 0.4) is 0 Å². The maximum Gasteiger partial charge on any atom is 1.00 e. The number of hydrogen-bond acceptors (Lipinski definition) is 3. The number of thiol groups is 1. The molecule has 0 saturated heterocycles. The average Bonchev–Trinajstić information content (AvgIpc) is 1.27. The summed E-state index contributed by atoms with van der Waals surface area (Å²) < 4.78 is -0.00926. The third kappa shape index (κ3) is 18.2. The van der Waals surface area contributed by atoms with Crippen LogP contribution in [0.25, 0.3) is 0 Å². The summed E-state index contributed by atoms with van der Waals surface area (Å²) in [4.78, 5) is 8.78. The maximum absolute atomic E-state index is 9.42. The Morgan fingerprint density at radius 2 is 2.00 bits per heavy atom. The molecule has 0 aromatic carbocycles. The van der Waals surface area contributed by atoms with Gasteiger partial charge in [0.05, 0.1) is 0 Å². The normalized spacial score (nSPS) is 5.89. The van der Waals surface area contributed by atoms with E-state index in [1.165, 1.54) is 0 Å². The minimum absolute atomic E-state index is 0. The second-order valence-electron chi connectivity index (χ2n) is 0.753. The third-order valence-corrected chi connectivity index (χ3v) is 0.437. The fourth-order valence-electron chi connectivity index (χ4n) is 0.0902. The van der Waals surface area contributed by atoms with Gasteiger partial charge in [0.15, 0.2) is 0 Å². The van der Waals surface area contributed by atoms with Crippen LogP contribution in [0, 0.1) is 16.7 Å². The Bertz CT molecular complexity index is 96.7. The van der Waals surface area contributed by atoms with Crippen LogP contribution < -0.4 is 103 Å². The van der Waals surface area contributed by atoms with E-state index < -0.39 is 4.92 Å². The molecule has 0 N–H and O–H groups in total. The molecule has 7 heteroatoms. The van der Waals surface area contributed by atoms with Crippen molar-refractivity contribution in [1.82, 2.24) is 0 Å². The molecular weight excluding hydrogens is 212 g/mol. The molecule has 0 amide bonds. The van der Waals surface area contributed by atoms with Crippen LogP contribution >= 0.6 is 24.8 Å². The fraction of sp³-hybridized carbons (Fsp3) is 0. The summed E-state index contributed by atoms with van der Waals surface area (Å²) in [5.41, 5.74) is 0. The van der Waals surface area contributed by atoms with Crippen LogP contribution in [0.5, 0.6) is 0 Å². The fourth-order valence-corrected chi connectivity index (χ4v) is 0.271. The molecule has 40 valence electrons. The first-order chi connectivity index (χ1) is 3.13. The van der Waals surface area contributed by atoms with Gasteiger partial charge in [-0.2, -0.15) is 12.6 Å². The van der Waals surface area contributed by atoms with Crippen molar-refractivity contribution in [3.8, 4) is 0 Å². The predicted octanol–water partition coefficient (Wildman–Crippen LogP) is -5.31. The first kappa shape index (κ1) is 17.9. The van der Waals surface area contributed by atoms with Gasteiger partial charge in [-0.3, -0.25) is 10.1 Å². The number of hydrogen-bond donors (Lipinski definition) is 1. The summed E-state index contributed by atoms with van der Waals surface area (Å²) in [5.74, 6) is 0. The standard InChI is InChI=1S/C2H2NO2S2.2K/c4-3(5)1-2(6)7;;/h1H,(H,6,7);;/q-1;2*+1. The van der Waals surface area contributed by atoms with Gasteiger partial charge < -0.3 is 0 Å². The van der Waals surface area contributed by atoms with Crippen LogP contribution in [-0.4, -0.2) is 9.12 Å². The minimum atomic E-state index is -0.644. The molecule has 0 aliphatic carbocycles. The molecule has 0 aromatic rings. The van der Waals surface area contributed by atoms with Gasteiger partial charge in [-0.1, -0.05) is 0 Å². The zero-order valence-corrected chi connectivity index (χ0v) is 13.2. The Morgan fingerprint density at radius 1 is 1.67 bits per heavy atom. The molecule has 0 spiro atoms. The molecule has 0 fully saturated rings. The molecule has 0 atom stereocenters. The second-order valence-corrected chi connectivity index (χ2v) is 1.98. The van der Waals surface area contributed by atoms with Crippen molar-refractivity contribution >= 4 is 29.0 Å². The summed E-state index contributed by atoms with van der Waals surface area (Å²) in [5, 5.41) is 9.42. The number of rotatable bonds is 2. The molecule has 0 saturated carbocycles. The van der Waals surface area contributed by atoms with Crippen molar-refractivity contribution in [2.75, 3.05) is 0 Å². The number of thiocarbonyl (C=S) groups is 1. The van der Waals surface area contributed by atoms with E-state index in [4.69, 9.17) is 0 Å². The van der Waals surface area contributed by atoms with Gasteiger partial charge in [0.2, 0.25) is 0 Å². The van der Waals surface area contributed by atoms with Gasteiger partial charge in [-0.05, 0) is 10.7 Å². The largest absolute Gasteiger partial charge is 1.00 e. The minimum Gasteiger partial charge on any atom is -0.295 e. The quantitative estimate of drug-likeness (QED) is 0.125. The molecule has 0 aliphatic rings. The molecule has 9 heavy (non-hydrogen) atoms. The summed E-state index contributed by atoms with van der Waals surface area (Å²) in [7, 11) is 0. The van der Waals surface area contributed by atoms with E-state index in [9.17, 15) is 10.1 Å². The van der Waals surface area contributed by atoms with Crippen LogP contribution in [0.4, 0.5) is 0 Å². The van der Waals surface area contributed by atoms with Crippen LogP contribution in [0.1, 0.15) is 0 Å². The van der Waals surface area contributed by atoms with Gasteiger partial charge in [0, 0.05) is 0 Å². The summed E-state index contributed by atoms with van der Waals surface area (Å²) in [6.07, 6.45) is 0. The van der Waals surface area contributed by atoms with Crippen LogP contribution in [0.15, 0.2) is 0 Å². The van der Waals surface area contributed by atoms with Crippen molar-refractivity contribution in [3.05, 3.63) is 16.7 Å². The molecule has 0 aliphatic heterocycles. The van der Waals surface area contributed by atoms with Crippen LogP contribution in [-0.2, 0) is 0 Å². The van der Waals surface area contributed by atoms with Crippen molar-refractivity contribution in [2.24, 2.45) is 0 Å². The second kappa shape index (κ2) is 11.0. The molecule has 3 nitrogen and oxygen atoms in total. The molecule has 0 radical (unpaired) electrons. The van der Waals surface area contributed by atoms with Gasteiger partial charge in [0.25, 0.3) is 0 Å². The van der Waals surface area contributed by atoms with E-state index in [2.05, 4.69) is 24.8 Å². The third-order valence-electron chi connectivity index (χ3n) is 0.216. The smallest absolute Gasteiger partial charge is 0.295 e. The van der Waals surface area contributed by atoms with Crippen molar-refractivity contribution < 1.29 is 108 Å². The summed E-state index contributed by atoms with van der Waals surface area (Å²) in [6, 6.07) is 0. The first-order valence-electron chi connectivity index (χ1n) is 1.34. The van der Waals surface area contributed by atoms with E-state index in [1.807, 2.05) is 0 Å². The molecule has 0 bridgehead atoms. The predicted molar refractivity (Wildman–Crippen MR) is 32.9 cm³/mol. The van der Waals surface area contributed by atoms with Crippen LogP contribution in [0.2, 0.25) is 0 Å². The Morgan fingerprint density at radius 3 is 2.00 bits per heavy atom. The topological polar surface area (TPSA) is 43.1 Å². The Hall–Kier alpha value is 2.98. The Labute approximate surface area is 149 Å².